The van der Waals surface area contributed by atoms with Crippen molar-refractivity contribution in [3.05, 3.63) is 53.4 Å². The Balaban J connectivity index is 1.76. The molecule has 0 amide bonds. The number of nitrogens with one attached hydrogen (secondary N) is 2. The number of aryl methyl sites for hydroxylation is 1. The lowest BCUT2D eigenvalue weighted by Gasteiger charge is -2.14. The highest BCUT2D eigenvalue weighted by molar-refractivity contribution is 8.10. The van der Waals surface area contributed by atoms with E-state index in [1.165, 1.54) is 6.08 Å². The van der Waals surface area contributed by atoms with Gasteiger partial charge in [0.1, 0.15) is 17.8 Å². The van der Waals surface area contributed by atoms with Crippen molar-refractivity contribution < 1.29 is 14.6 Å². The number of carbonyl (C=O) groups is 1. The molecule has 29 heavy (non-hydrogen) atoms. The van der Waals surface area contributed by atoms with E-state index in [2.05, 4.69) is 32.9 Å². The molecule has 2 aromatic rings. The van der Waals surface area contributed by atoms with Crippen LogP contribution in [0.4, 0.5) is 11.6 Å². The molecule has 0 saturated heterocycles. The molecule has 3 N–H and O–H groups in total. The Hall–Kier alpha value is -3.20. The Kier molecular flexibility index (Phi) is 6.96. The molecule has 1 aromatic carbocycles. The van der Waals surface area contributed by atoms with Crippen LogP contribution in [0, 0.1) is 0 Å². The van der Waals surface area contributed by atoms with E-state index in [-0.39, 0.29) is 5.75 Å². The van der Waals surface area contributed by atoms with E-state index >= 15 is 0 Å². The third-order valence-electron chi connectivity index (χ3n) is 4.12. The maximum absolute atomic E-state index is 11.1. The van der Waals surface area contributed by atoms with E-state index < -0.39 is 0 Å². The number of benzene rings is 1. The fourth-order valence-corrected chi connectivity index (χ4v) is 3.44. The topological polar surface area (TPSA) is 101 Å². The molecule has 0 spiro atoms. The van der Waals surface area contributed by atoms with Gasteiger partial charge in [0.15, 0.2) is 5.82 Å². The van der Waals surface area contributed by atoms with Gasteiger partial charge >= 0.3 is 0 Å². The number of thioether (sulfide) groups is 1. The molecule has 1 aromatic heterocycles. The maximum atomic E-state index is 11.1. The summed E-state index contributed by atoms with van der Waals surface area (Å²) in [5.41, 5.74) is 1.21. The van der Waals surface area contributed by atoms with E-state index in [0.29, 0.717) is 48.3 Å². The van der Waals surface area contributed by atoms with Gasteiger partial charge in [-0.25, -0.2) is 4.68 Å². The number of rotatable bonds is 9. The zero-order chi connectivity index (χ0) is 20.6. The number of anilines is 2. The summed E-state index contributed by atoms with van der Waals surface area (Å²) in [6.07, 6.45) is 7.16. The van der Waals surface area contributed by atoms with Gasteiger partial charge in [0, 0.05) is 18.3 Å². The molecule has 0 saturated carbocycles. The molecule has 0 fully saturated rings. The lowest BCUT2D eigenvalue weighted by molar-refractivity contribution is -0.104. The minimum Gasteiger partial charge on any atom is -0.508 e. The molecule has 152 valence electrons. The van der Waals surface area contributed by atoms with Crippen LogP contribution in [0.3, 0.4) is 0 Å². The second-order valence-corrected chi connectivity index (χ2v) is 7.01. The predicted octanol–water partition coefficient (Wildman–Crippen LogP) is 3.61. The number of methoxy groups -OCH3 is 1. The van der Waals surface area contributed by atoms with Crippen molar-refractivity contribution in [2.75, 3.05) is 24.3 Å². The van der Waals surface area contributed by atoms with Gasteiger partial charge in [0.05, 0.1) is 24.2 Å². The first-order valence-corrected chi connectivity index (χ1v) is 10.0. The summed E-state index contributed by atoms with van der Waals surface area (Å²) >= 11 is 1.58. The molecular formula is C20H23N5O3S. The van der Waals surface area contributed by atoms with Crippen molar-refractivity contribution in [1.29, 1.82) is 0 Å². The summed E-state index contributed by atoms with van der Waals surface area (Å²) in [7, 11) is 1.55. The molecule has 1 aliphatic heterocycles. The van der Waals surface area contributed by atoms with Crippen LogP contribution in [0.1, 0.15) is 19.2 Å². The molecule has 1 aliphatic rings. The number of nitrogens with zero attached hydrogens (tertiary/aromatic N) is 3. The van der Waals surface area contributed by atoms with Crippen molar-refractivity contribution in [3.63, 3.8) is 0 Å². The monoisotopic (exact) mass is 413 g/mol. The van der Waals surface area contributed by atoms with E-state index in [0.717, 1.165) is 11.3 Å². The van der Waals surface area contributed by atoms with Gasteiger partial charge in [-0.15, -0.1) is 5.10 Å². The summed E-state index contributed by atoms with van der Waals surface area (Å²) < 4.78 is 7.05. The van der Waals surface area contributed by atoms with Gasteiger partial charge < -0.3 is 20.5 Å². The smallest absolute Gasteiger partial charge is 0.226 e. The quantitative estimate of drug-likeness (QED) is 0.423. The van der Waals surface area contributed by atoms with Crippen LogP contribution in [0.5, 0.6) is 11.5 Å². The van der Waals surface area contributed by atoms with Gasteiger partial charge in [-0.05, 0) is 37.0 Å². The van der Waals surface area contributed by atoms with Crippen molar-refractivity contribution >= 4 is 34.6 Å². The number of aromatic nitrogens is 3. The number of phenolic OH excluding ortho intramolecular Hbond substituents is 1. The van der Waals surface area contributed by atoms with Crippen LogP contribution >= 0.6 is 11.8 Å². The van der Waals surface area contributed by atoms with E-state index in [1.54, 1.807) is 41.8 Å². The van der Waals surface area contributed by atoms with E-state index in [1.807, 2.05) is 12.3 Å². The first-order chi connectivity index (χ1) is 14.1. The third kappa shape index (κ3) is 5.20. The van der Waals surface area contributed by atoms with Crippen LogP contribution < -0.4 is 15.4 Å². The molecule has 0 aliphatic carbocycles. The zero-order valence-corrected chi connectivity index (χ0v) is 17.1. The summed E-state index contributed by atoms with van der Waals surface area (Å²) in [5.74, 6) is 1.90. The number of hydrogen-bond donors (Lipinski definition) is 3. The van der Waals surface area contributed by atoms with Crippen LogP contribution in [0.15, 0.2) is 47.5 Å². The number of allylic oxidation sites excluding steroid dienone is 3. The van der Waals surface area contributed by atoms with Crippen LogP contribution in [-0.4, -0.2) is 39.8 Å². The summed E-state index contributed by atoms with van der Waals surface area (Å²) in [6.45, 7) is 2.90. The van der Waals surface area contributed by atoms with Crippen molar-refractivity contribution in [1.82, 2.24) is 14.8 Å². The van der Waals surface area contributed by atoms with Gasteiger partial charge in [0.2, 0.25) is 5.95 Å². The van der Waals surface area contributed by atoms with Crippen molar-refractivity contribution in [2.45, 2.75) is 19.9 Å². The molecular weight excluding hydrogens is 390 g/mol. The fraction of sp³-hybridized carbons (Fsp3) is 0.250. The lowest BCUT2D eigenvalue weighted by atomic mass is 10.2. The highest BCUT2D eigenvalue weighted by atomic mass is 32.2. The highest BCUT2D eigenvalue weighted by Crippen LogP contribution is 2.31. The molecule has 8 nitrogen and oxygen atoms in total. The Labute approximate surface area is 173 Å². The number of hydrogen-bond acceptors (Lipinski definition) is 8. The predicted molar refractivity (Wildman–Crippen MR) is 116 cm³/mol. The highest BCUT2D eigenvalue weighted by Gasteiger charge is 2.15. The second-order valence-electron chi connectivity index (χ2n) is 6.06. The molecule has 2 heterocycles. The van der Waals surface area contributed by atoms with Crippen molar-refractivity contribution in [3.8, 4) is 11.5 Å². The molecule has 3 rings (SSSR count). The van der Waals surface area contributed by atoms with Gasteiger partial charge in [0.25, 0.3) is 0 Å². The Morgan fingerprint density at radius 3 is 3.00 bits per heavy atom. The Bertz CT molecular complexity index is 965. The minimum atomic E-state index is 0.116. The first kappa shape index (κ1) is 20.5. The molecule has 9 heteroatoms. The van der Waals surface area contributed by atoms with Crippen molar-refractivity contribution in [2.24, 2.45) is 0 Å². The van der Waals surface area contributed by atoms with Gasteiger partial charge in [-0.2, -0.15) is 4.98 Å². The maximum Gasteiger partial charge on any atom is 0.226 e. The van der Waals surface area contributed by atoms with Crippen LogP contribution in [0.25, 0.3) is 4.91 Å². The zero-order valence-electron chi connectivity index (χ0n) is 16.3. The number of aldehydes is 1. The van der Waals surface area contributed by atoms with E-state index in [4.69, 9.17) is 4.74 Å². The Morgan fingerprint density at radius 2 is 2.31 bits per heavy atom. The molecule has 0 radical (unpaired) electrons. The van der Waals surface area contributed by atoms with Crippen LogP contribution in [-0.2, 0) is 11.3 Å². The largest absolute Gasteiger partial charge is 0.508 e. The SMILES string of the molecule is CCn1nc(C2=CCC=CS2)nc1N/C(=C\C=O)CNc1cc(O)ccc1OC. The minimum absolute atomic E-state index is 0.116. The molecule has 0 atom stereocenters. The fourth-order valence-electron chi connectivity index (χ4n) is 2.70. The number of carbonyl (C=O) groups excluding carboxylic acids is 1. The molecule has 0 unspecified atom stereocenters. The molecule has 0 bridgehead atoms. The normalized spacial score (nSPS) is 13.7. The standard InChI is InChI=1S/C20H23N5O3S/c1-3-25-20(23-19(24-25)18-6-4-5-11-29-18)22-14(9-10-26)13-21-16-12-15(27)7-8-17(16)28-2/h5-12,21,27H,3-4,13H2,1-2H3,(H,22,23,24)/b14-9-. The summed E-state index contributed by atoms with van der Waals surface area (Å²) in [5, 5.41) is 22.6. The lowest BCUT2D eigenvalue weighted by Crippen LogP contribution is -2.15. The second kappa shape index (κ2) is 9.83. The number of phenols is 1. The van der Waals surface area contributed by atoms with E-state index in [9.17, 15) is 9.90 Å². The average molecular weight is 414 g/mol. The van der Waals surface area contributed by atoms with Crippen LogP contribution in [0.2, 0.25) is 0 Å². The number of aromatic hydroxyl groups is 1. The summed E-state index contributed by atoms with van der Waals surface area (Å²) in [4.78, 5) is 16.7. The average Bonchev–Trinajstić information content (AvgIpc) is 3.16. The van der Waals surface area contributed by atoms with Gasteiger partial charge in [-0.1, -0.05) is 23.9 Å². The summed E-state index contributed by atoms with van der Waals surface area (Å²) in [6, 6.07) is 4.77. The number of ether oxygens (including phenoxy) is 1. The first-order valence-electron chi connectivity index (χ1n) is 9.13. The third-order valence-corrected chi connectivity index (χ3v) is 5.05. The van der Waals surface area contributed by atoms with Gasteiger partial charge in [-0.3, -0.25) is 4.79 Å². The Morgan fingerprint density at radius 1 is 1.45 bits per heavy atom.